The Labute approximate surface area is 122 Å². The number of rotatable bonds is 1. The summed E-state index contributed by atoms with van der Waals surface area (Å²) < 4.78 is 5.38. The highest BCUT2D eigenvalue weighted by atomic mass is 16.5. The zero-order chi connectivity index (χ0) is 14.6. The lowest BCUT2D eigenvalue weighted by Gasteiger charge is -2.25. The summed E-state index contributed by atoms with van der Waals surface area (Å²) in [5.74, 6) is 1.36. The van der Waals surface area contributed by atoms with Gasteiger partial charge in [0.25, 0.3) is 5.91 Å². The van der Waals surface area contributed by atoms with Crippen LogP contribution in [0.25, 0.3) is 0 Å². The summed E-state index contributed by atoms with van der Waals surface area (Å²) in [6, 6.07) is 3.66. The monoisotopic (exact) mass is 289 g/mol. The number of ether oxygens (including phenoxy) is 1. The lowest BCUT2D eigenvalue weighted by atomic mass is 10.00. The molecular formula is C15H19N3O3. The molecule has 0 aromatic heterocycles. The number of aliphatic hydroxyl groups excluding tert-OH is 1. The van der Waals surface area contributed by atoms with Crippen LogP contribution in [-0.2, 0) is 4.79 Å². The van der Waals surface area contributed by atoms with Crippen molar-refractivity contribution < 1.29 is 14.6 Å². The van der Waals surface area contributed by atoms with Crippen LogP contribution >= 0.6 is 0 Å². The maximum atomic E-state index is 11.4. The molecule has 0 bridgehead atoms. The highest BCUT2D eigenvalue weighted by molar-refractivity contribution is 5.97. The zero-order valence-corrected chi connectivity index (χ0v) is 11.7. The van der Waals surface area contributed by atoms with Gasteiger partial charge in [0.05, 0.1) is 23.2 Å². The summed E-state index contributed by atoms with van der Waals surface area (Å²) in [7, 11) is 0. The standard InChI is InChI=1S/C15H19N3O3/c16-10-3-14-11(17-15(20)7-21-14)4-12(10)18-5-8-1-2-13(19)9(8)6-18/h3-4,8-9,13,19H,1-2,5-7,16H2,(H,17,20). The number of hydrogen-bond donors (Lipinski definition) is 3. The summed E-state index contributed by atoms with van der Waals surface area (Å²) in [6.07, 6.45) is 1.79. The van der Waals surface area contributed by atoms with Crippen molar-refractivity contribution in [2.24, 2.45) is 11.8 Å². The summed E-state index contributed by atoms with van der Waals surface area (Å²) >= 11 is 0. The van der Waals surface area contributed by atoms with Crippen molar-refractivity contribution in [2.45, 2.75) is 18.9 Å². The fourth-order valence-corrected chi connectivity index (χ4v) is 3.84. The normalized spacial score (nSPS) is 30.6. The molecule has 3 atom stereocenters. The molecule has 3 aliphatic rings. The zero-order valence-electron chi connectivity index (χ0n) is 11.7. The van der Waals surface area contributed by atoms with E-state index in [-0.39, 0.29) is 18.6 Å². The third kappa shape index (κ3) is 2.01. The molecule has 1 aliphatic carbocycles. The van der Waals surface area contributed by atoms with Gasteiger partial charge >= 0.3 is 0 Å². The van der Waals surface area contributed by atoms with Crippen LogP contribution in [0.4, 0.5) is 17.1 Å². The van der Waals surface area contributed by atoms with Gasteiger partial charge < -0.3 is 25.8 Å². The number of nitrogen functional groups attached to an aromatic ring is 1. The lowest BCUT2D eigenvalue weighted by Crippen LogP contribution is -2.28. The number of nitrogens with one attached hydrogen (secondary N) is 1. The lowest BCUT2D eigenvalue weighted by molar-refractivity contribution is -0.118. The predicted molar refractivity (Wildman–Crippen MR) is 79.4 cm³/mol. The van der Waals surface area contributed by atoms with E-state index in [2.05, 4.69) is 10.2 Å². The Morgan fingerprint density at radius 2 is 2.19 bits per heavy atom. The van der Waals surface area contributed by atoms with Crippen molar-refractivity contribution in [3.8, 4) is 5.75 Å². The first-order valence-corrected chi connectivity index (χ1v) is 7.41. The molecule has 0 spiro atoms. The van der Waals surface area contributed by atoms with E-state index < -0.39 is 0 Å². The number of aliphatic hydroxyl groups is 1. The number of fused-ring (bicyclic) bond motifs is 2. The number of hydrogen-bond acceptors (Lipinski definition) is 5. The first-order chi connectivity index (χ1) is 10.1. The third-order valence-electron chi connectivity index (χ3n) is 4.92. The van der Waals surface area contributed by atoms with E-state index in [4.69, 9.17) is 10.5 Å². The van der Waals surface area contributed by atoms with Gasteiger partial charge in [-0.3, -0.25) is 4.79 Å². The van der Waals surface area contributed by atoms with Gasteiger partial charge in [-0.1, -0.05) is 0 Å². The Kier molecular flexibility index (Phi) is 2.75. The van der Waals surface area contributed by atoms with Crippen LogP contribution in [0, 0.1) is 11.8 Å². The Balaban J connectivity index is 1.64. The number of carbonyl (C=O) groups excluding carboxylic acids is 1. The van der Waals surface area contributed by atoms with Crippen molar-refractivity contribution in [3.63, 3.8) is 0 Å². The van der Waals surface area contributed by atoms with Crippen molar-refractivity contribution in [1.82, 2.24) is 0 Å². The van der Waals surface area contributed by atoms with Crippen LogP contribution in [0.3, 0.4) is 0 Å². The van der Waals surface area contributed by atoms with Gasteiger partial charge in [0, 0.05) is 25.1 Å². The highest BCUT2D eigenvalue weighted by Gasteiger charge is 2.42. The van der Waals surface area contributed by atoms with E-state index >= 15 is 0 Å². The molecule has 3 unspecified atom stereocenters. The summed E-state index contributed by atoms with van der Waals surface area (Å²) in [6.45, 7) is 1.77. The molecule has 112 valence electrons. The Bertz CT molecular complexity index is 604. The van der Waals surface area contributed by atoms with Crippen LogP contribution < -0.4 is 20.7 Å². The molecule has 4 rings (SSSR count). The molecule has 21 heavy (non-hydrogen) atoms. The molecule has 6 nitrogen and oxygen atoms in total. The summed E-state index contributed by atoms with van der Waals surface area (Å²) in [4.78, 5) is 13.6. The van der Waals surface area contributed by atoms with E-state index in [9.17, 15) is 9.90 Å². The Hall–Kier alpha value is -1.95. The van der Waals surface area contributed by atoms with Crippen LogP contribution in [0.5, 0.6) is 5.75 Å². The van der Waals surface area contributed by atoms with E-state index in [1.165, 1.54) is 0 Å². The first-order valence-electron chi connectivity index (χ1n) is 7.41. The first kappa shape index (κ1) is 12.8. The fourth-order valence-electron chi connectivity index (χ4n) is 3.84. The molecule has 1 aromatic rings. The van der Waals surface area contributed by atoms with Crippen molar-refractivity contribution in [1.29, 1.82) is 0 Å². The second-order valence-corrected chi connectivity index (χ2v) is 6.22. The highest BCUT2D eigenvalue weighted by Crippen LogP contribution is 2.43. The largest absolute Gasteiger partial charge is 0.482 e. The second-order valence-electron chi connectivity index (χ2n) is 6.22. The molecule has 1 aromatic carbocycles. The minimum absolute atomic E-state index is 0.0336. The number of amides is 1. The summed E-state index contributed by atoms with van der Waals surface area (Å²) in [5, 5.41) is 12.8. The number of nitrogens with zero attached hydrogens (tertiary/aromatic N) is 1. The van der Waals surface area contributed by atoms with Crippen LogP contribution in [0.2, 0.25) is 0 Å². The fraction of sp³-hybridized carbons (Fsp3) is 0.533. The number of nitrogens with two attached hydrogens (primary N) is 1. The maximum absolute atomic E-state index is 11.4. The molecule has 1 saturated carbocycles. The van der Waals surface area contributed by atoms with Crippen LogP contribution in [0.15, 0.2) is 12.1 Å². The van der Waals surface area contributed by atoms with Crippen LogP contribution in [-0.4, -0.2) is 36.8 Å². The molecule has 0 radical (unpaired) electrons. The minimum Gasteiger partial charge on any atom is -0.482 e. The number of benzene rings is 1. The molecule has 6 heteroatoms. The topological polar surface area (TPSA) is 87.8 Å². The SMILES string of the molecule is Nc1cc2c(cc1N1CC3CCC(O)C3C1)NC(=O)CO2. The van der Waals surface area contributed by atoms with E-state index in [0.29, 0.717) is 29.0 Å². The number of carbonyl (C=O) groups is 1. The van der Waals surface area contributed by atoms with Gasteiger partial charge in [0.1, 0.15) is 5.75 Å². The van der Waals surface area contributed by atoms with Gasteiger partial charge in [-0.25, -0.2) is 0 Å². The van der Waals surface area contributed by atoms with Gasteiger partial charge in [0.15, 0.2) is 6.61 Å². The maximum Gasteiger partial charge on any atom is 0.262 e. The molecule has 2 aliphatic heterocycles. The van der Waals surface area contributed by atoms with Crippen molar-refractivity contribution >= 4 is 23.0 Å². The van der Waals surface area contributed by atoms with Gasteiger partial charge in [-0.2, -0.15) is 0 Å². The average Bonchev–Trinajstić information content (AvgIpc) is 3.01. The van der Waals surface area contributed by atoms with Crippen molar-refractivity contribution in [3.05, 3.63) is 12.1 Å². The van der Waals surface area contributed by atoms with E-state index in [0.717, 1.165) is 31.6 Å². The summed E-state index contributed by atoms with van der Waals surface area (Å²) in [5.41, 5.74) is 8.39. The molecule has 4 N–H and O–H groups in total. The smallest absolute Gasteiger partial charge is 0.262 e. The van der Waals surface area contributed by atoms with Gasteiger partial charge in [0.2, 0.25) is 0 Å². The molecule has 1 saturated heterocycles. The van der Waals surface area contributed by atoms with Crippen molar-refractivity contribution in [2.75, 3.05) is 35.6 Å². The molecule has 2 fully saturated rings. The van der Waals surface area contributed by atoms with E-state index in [1.54, 1.807) is 6.07 Å². The Morgan fingerprint density at radius 1 is 1.33 bits per heavy atom. The minimum atomic E-state index is -0.193. The number of anilines is 3. The second kappa shape index (κ2) is 4.53. The quantitative estimate of drug-likeness (QED) is 0.666. The molecular weight excluding hydrogens is 270 g/mol. The van der Waals surface area contributed by atoms with E-state index in [1.807, 2.05) is 6.07 Å². The molecule has 1 amide bonds. The predicted octanol–water partition coefficient (Wildman–Crippen LogP) is 0.807. The molecule has 2 heterocycles. The Morgan fingerprint density at radius 3 is 3.00 bits per heavy atom. The van der Waals surface area contributed by atoms with Gasteiger partial charge in [-0.15, -0.1) is 0 Å². The third-order valence-corrected chi connectivity index (χ3v) is 4.92. The van der Waals surface area contributed by atoms with Crippen LogP contribution in [0.1, 0.15) is 12.8 Å². The average molecular weight is 289 g/mol. The van der Waals surface area contributed by atoms with Gasteiger partial charge in [-0.05, 0) is 24.8 Å².